The molecule has 1 heterocycles. The first-order valence-electron chi connectivity index (χ1n) is 7.68. The van der Waals surface area contributed by atoms with Gasteiger partial charge in [0.1, 0.15) is 0 Å². The summed E-state index contributed by atoms with van der Waals surface area (Å²) in [6, 6.07) is 6.35. The van der Waals surface area contributed by atoms with Crippen LogP contribution in [-0.2, 0) is 0 Å². The predicted octanol–water partition coefficient (Wildman–Crippen LogP) is 4.35. The van der Waals surface area contributed by atoms with Crippen LogP contribution in [0.3, 0.4) is 0 Å². The Labute approximate surface area is 131 Å². The minimum atomic E-state index is 0.580. The Balaban J connectivity index is 1.74. The van der Waals surface area contributed by atoms with E-state index in [1.54, 1.807) is 0 Å². The average Bonchev–Trinajstić information content (AvgIpc) is 2.48. The number of halogens is 2. The van der Waals surface area contributed by atoms with Crippen molar-refractivity contribution in [2.24, 2.45) is 5.92 Å². The number of hydrogen-bond acceptors (Lipinski definition) is 2. The number of nitrogens with zero attached hydrogens (tertiary/aromatic N) is 1. The van der Waals surface area contributed by atoms with Gasteiger partial charge in [0.15, 0.2) is 0 Å². The summed E-state index contributed by atoms with van der Waals surface area (Å²) in [5, 5.41) is 5.23. The Morgan fingerprint density at radius 2 is 1.75 bits per heavy atom. The molecule has 1 N–H and O–H groups in total. The molecule has 1 aliphatic heterocycles. The van der Waals surface area contributed by atoms with Gasteiger partial charge in [0, 0.05) is 25.7 Å². The van der Waals surface area contributed by atoms with Crippen LogP contribution in [0.1, 0.15) is 32.1 Å². The topological polar surface area (TPSA) is 15.3 Å². The standard InChI is InChI=1S/C16H22Cl2N2/c17-13-7-4-8-14(18)16(13)20-10-9-19-15(11-20)12-5-2-1-3-6-12/h4,7-8,12,15,19H,1-3,5-6,9-11H2. The summed E-state index contributed by atoms with van der Waals surface area (Å²) >= 11 is 12.7. The van der Waals surface area contributed by atoms with E-state index in [2.05, 4.69) is 10.2 Å². The van der Waals surface area contributed by atoms with E-state index in [1.165, 1.54) is 32.1 Å². The molecule has 0 bridgehead atoms. The smallest absolute Gasteiger partial charge is 0.0745 e. The van der Waals surface area contributed by atoms with Crippen molar-refractivity contribution in [3.8, 4) is 0 Å². The largest absolute Gasteiger partial charge is 0.366 e. The Bertz CT molecular complexity index is 438. The molecule has 0 amide bonds. The normalized spacial score (nSPS) is 24.9. The van der Waals surface area contributed by atoms with Crippen LogP contribution in [0.5, 0.6) is 0 Å². The fourth-order valence-electron chi connectivity index (χ4n) is 3.62. The van der Waals surface area contributed by atoms with E-state index < -0.39 is 0 Å². The van der Waals surface area contributed by atoms with Gasteiger partial charge in [-0.1, -0.05) is 48.5 Å². The molecule has 2 aliphatic rings. The highest BCUT2D eigenvalue weighted by Gasteiger charge is 2.29. The summed E-state index contributed by atoms with van der Waals surface area (Å²) in [5.41, 5.74) is 1.01. The predicted molar refractivity (Wildman–Crippen MR) is 87.0 cm³/mol. The third-order valence-electron chi connectivity index (χ3n) is 4.68. The van der Waals surface area contributed by atoms with Gasteiger partial charge in [0.05, 0.1) is 15.7 Å². The maximum absolute atomic E-state index is 6.35. The van der Waals surface area contributed by atoms with Gasteiger partial charge in [-0.25, -0.2) is 0 Å². The van der Waals surface area contributed by atoms with Gasteiger partial charge < -0.3 is 10.2 Å². The van der Waals surface area contributed by atoms with Gasteiger partial charge in [-0.3, -0.25) is 0 Å². The molecule has 1 aromatic rings. The maximum Gasteiger partial charge on any atom is 0.0745 e. The molecule has 1 atom stereocenters. The van der Waals surface area contributed by atoms with Crippen molar-refractivity contribution in [3.63, 3.8) is 0 Å². The Morgan fingerprint density at radius 1 is 1.05 bits per heavy atom. The first-order valence-corrected chi connectivity index (χ1v) is 8.43. The van der Waals surface area contributed by atoms with Crippen LogP contribution in [0, 0.1) is 5.92 Å². The Kier molecular flexibility index (Phi) is 4.75. The molecule has 1 aromatic carbocycles. The van der Waals surface area contributed by atoms with E-state index in [-0.39, 0.29) is 0 Å². The summed E-state index contributed by atoms with van der Waals surface area (Å²) in [5.74, 6) is 0.813. The Hall–Kier alpha value is -0.440. The van der Waals surface area contributed by atoms with Crippen LogP contribution >= 0.6 is 23.2 Å². The van der Waals surface area contributed by atoms with Crippen molar-refractivity contribution >= 4 is 28.9 Å². The minimum Gasteiger partial charge on any atom is -0.366 e. The molecule has 2 nitrogen and oxygen atoms in total. The molecule has 0 aromatic heterocycles. The second-order valence-corrected chi connectivity index (χ2v) is 6.79. The summed E-state index contributed by atoms with van der Waals surface area (Å²) < 4.78 is 0. The van der Waals surface area contributed by atoms with Crippen LogP contribution in [0.15, 0.2) is 18.2 Å². The lowest BCUT2D eigenvalue weighted by Gasteiger charge is -2.40. The van der Waals surface area contributed by atoms with E-state index >= 15 is 0 Å². The van der Waals surface area contributed by atoms with E-state index in [4.69, 9.17) is 23.2 Å². The zero-order chi connectivity index (χ0) is 13.9. The highest BCUT2D eigenvalue weighted by molar-refractivity contribution is 6.39. The molecule has 110 valence electrons. The van der Waals surface area contributed by atoms with E-state index in [1.807, 2.05) is 18.2 Å². The first kappa shape index (κ1) is 14.5. The zero-order valence-corrected chi connectivity index (χ0v) is 13.3. The van der Waals surface area contributed by atoms with Gasteiger partial charge in [-0.2, -0.15) is 0 Å². The molecular weight excluding hydrogens is 291 g/mol. The number of rotatable bonds is 2. The van der Waals surface area contributed by atoms with E-state index in [0.717, 1.165) is 41.3 Å². The first-order chi connectivity index (χ1) is 9.75. The number of para-hydroxylation sites is 1. The maximum atomic E-state index is 6.35. The zero-order valence-electron chi connectivity index (χ0n) is 11.7. The van der Waals surface area contributed by atoms with Crippen LogP contribution in [-0.4, -0.2) is 25.7 Å². The molecule has 0 spiro atoms. The Morgan fingerprint density at radius 3 is 2.45 bits per heavy atom. The lowest BCUT2D eigenvalue weighted by atomic mass is 9.83. The van der Waals surface area contributed by atoms with Crippen LogP contribution in [0.2, 0.25) is 10.0 Å². The van der Waals surface area contributed by atoms with Crippen molar-refractivity contribution in [1.82, 2.24) is 5.32 Å². The number of nitrogens with one attached hydrogen (secondary N) is 1. The number of benzene rings is 1. The molecule has 4 heteroatoms. The monoisotopic (exact) mass is 312 g/mol. The van der Waals surface area contributed by atoms with E-state index in [0.29, 0.717) is 6.04 Å². The van der Waals surface area contributed by atoms with Crippen LogP contribution < -0.4 is 10.2 Å². The molecule has 0 radical (unpaired) electrons. The molecular formula is C16H22Cl2N2. The molecule has 1 saturated carbocycles. The van der Waals surface area contributed by atoms with Gasteiger partial charge >= 0.3 is 0 Å². The molecule has 1 aliphatic carbocycles. The lowest BCUT2D eigenvalue weighted by molar-refractivity contribution is 0.257. The second-order valence-electron chi connectivity index (χ2n) is 5.97. The van der Waals surface area contributed by atoms with E-state index in [9.17, 15) is 0 Å². The van der Waals surface area contributed by atoms with Crippen molar-refractivity contribution in [2.45, 2.75) is 38.1 Å². The summed E-state index contributed by atoms with van der Waals surface area (Å²) in [6.45, 7) is 3.02. The highest BCUT2D eigenvalue weighted by Crippen LogP contribution is 2.35. The number of hydrogen-bond donors (Lipinski definition) is 1. The SMILES string of the molecule is Clc1cccc(Cl)c1N1CCNC(C2CCCCC2)C1. The van der Waals surface area contributed by atoms with Gasteiger partial charge in [0.25, 0.3) is 0 Å². The van der Waals surface area contributed by atoms with Crippen molar-refractivity contribution in [1.29, 1.82) is 0 Å². The van der Waals surface area contributed by atoms with Gasteiger partial charge in [0.2, 0.25) is 0 Å². The lowest BCUT2D eigenvalue weighted by Crippen LogP contribution is -2.54. The minimum absolute atomic E-state index is 0.580. The van der Waals surface area contributed by atoms with Crippen molar-refractivity contribution < 1.29 is 0 Å². The third kappa shape index (κ3) is 3.08. The van der Waals surface area contributed by atoms with Crippen molar-refractivity contribution in [3.05, 3.63) is 28.2 Å². The highest BCUT2D eigenvalue weighted by atomic mass is 35.5. The molecule has 1 unspecified atom stereocenters. The van der Waals surface area contributed by atoms with Crippen LogP contribution in [0.4, 0.5) is 5.69 Å². The quantitative estimate of drug-likeness (QED) is 0.873. The fraction of sp³-hybridized carbons (Fsp3) is 0.625. The second kappa shape index (κ2) is 6.55. The molecule has 2 fully saturated rings. The fourth-order valence-corrected chi connectivity index (χ4v) is 4.26. The summed E-state index contributed by atoms with van der Waals surface area (Å²) in [6.07, 6.45) is 6.90. The summed E-state index contributed by atoms with van der Waals surface area (Å²) in [7, 11) is 0. The van der Waals surface area contributed by atoms with Gasteiger partial charge in [-0.15, -0.1) is 0 Å². The molecule has 3 rings (SSSR count). The average molecular weight is 313 g/mol. The van der Waals surface area contributed by atoms with Crippen molar-refractivity contribution in [2.75, 3.05) is 24.5 Å². The number of piperazine rings is 1. The molecule has 20 heavy (non-hydrogen) atoms. The van der Waals surface area contributed by atoms with Crippen LogP contribution in [0.25, 0.3) is 0 Å². The van der Waals surface area contributed by atoms with Gasteiger partial charge in [-0.05, 0) is 30.9 Å². The molecule has 1 saturated heterocycles. The summed E-state index contributed by atoms with van der Waals surface area (Å²) in [4.78, 5) is 2.36. The number of anilines is 1. The third-order valence-corrected chi connectivity index (χ3v) is 5.29.